The van der Waals surface area contributed by atoms with E-state index in [1.165, 1.54) is 5.56 Å². The summed E-state index contributed by atoms with van der Waals surface area (Å²) in [7, 11) is 0. The number of rotatable bonds is 7. The number of hydrogen-bond acceptors (Lipinski definition) is 6. The minimum absolute atomic E-state index is 0.00232. The van der Waals surface area contributed by atoms with Gasteiger partial charge in [0.2, 0.25) is 11.9 Å². The first-order valence-corrected chi connectivity index (χ1v) is 13.5. The molecule has 3 aromatic rings. The van der Waals surface area contributed by atoms with Crippen LogP contribution in [0.1, 0.15) is 55.6 Å². The Kier molecular flexibility index (Phi) is 7.93. The number of amides is 1. The molecule has 0 atom stereocenters. The fourth-order valence-corrected chi connectivity index (χ4v) is 5.13. The van der Waals surface area contributed by atoms with Gasteiger partial charge >= 0.3 is 6.18 Å². The number of furan rings is 1. The summed E-state index contributed by atoms with van der Waals surface area (Å²) >= 11 is 0. The van der Waals surface area contributed by atoms with E-state index in [1.54, 1.807) is 11.0 Å². The summed E-state index contributed by atoms with van der Waals surface area (Å²) < 4.78 is 52.9. The standard InChI is InChI=1S/C29H33F3N4O3/c1-18(2)27(37)36-12-9-24-21(17-36)15-25(39-24)26-23(29(30,31)32)16-33-28(35-26)34-22-7-5-19(6-8-22)3-4-20-10-13-38-14-11-20/h5-8,15-16,18,20H,3-4,9-14,17H2,1-2H3,(H,33,34,35). The van der Waals surface area contributed by atoms with Crippen LogP contribution in [0.4, 0.5) is 24.8 Å². The molecule has 4 heterocycles. The Morgan fingerprint density at radius 3 is 2.62 bits per heavy atom. The van der Waals surface area contributed by atoms with Crippen LogP contribution in [0.3, 0.4) is 0 Å². The summed E-state index contributed by atoms with van der Waals surface area (Å²) in [5, 5.41) is 3.02. The molecule has 0 unspecified atom stereocenters. The maximum absolute atomic E-state index is 13.9. The summed E-state index contributed by atoms with van der Waals surface area (Å²) in [4.78, 5) is 22.3. The van der Waals surface area contributed by atoms with Crippen LogP contribution in [-0.4, -0.2) is 40.5 Å². The second kappa shape index (κ2) is 11.4. The van der Waals surface area contributed by atoms with Gasteiger partial charge in [0.25, 0.3) is 0 Å². The van der Waals surface area contributed by atoms with Crippen molar-refractivity contribution in [3.8, 4) is 11.5 Å². The van der Waals surface area contributed by atoms with Crippen LogP contribution in [0.25, 0.3) is 11.5 Å². The second-order valence-electron chi connectivity index (χ2n) is 10.6. The van der Waals surface area contributed by atoms with Gasteiger partial charge < -0.3 is 19.4 Å². The highest BCUT2D eigenvalue weighted by molar-refractivity contribution is 5.78. The number of aryl methyl sites for hydroxylation is 1. The maximum Gasteiger partial charge on any atom is 0.420 e. The molecule has 2 aromatic heterocycles. The monoisotopic (exact) mass is 542 g/mol. The molecule has 39 heavy (non-hydrogen) atoms. The summed E-state index contributed by atoms with van der Waals surface area (Å²) in [6, 6.07) is 9.34. The number of alkyl halides is 3. The number of halogens is 3. The van der Waals surface area contributed by atoms with Crippen LogP contribution in [0, 0.1) is 11.8 Å². The lowest BCUT2D eigenvalue weighted by Gasteiger charge is -2.27. The zero-order valence-corrected chi connectivity index (χ0v) is 22.2. The van der Waals surface area contributed by atoms with Gasteiger partial charge in [-0.3, -0.25) is 4.79 Å². The van der Waals surface area contributed by atoms with E-state index in [-0.39, 0.29) is 29.2 Å². The Labute approximate surface area is 225 Å². The topological polar surface area (TPSA) is 80.5 Å². The van der Waals surface area contributed by atoms with Crippen molar-refractivity contribution in [1.82, 2.24) is 14.9 Å². The molecule has 1 fully saturated rings. The van der Waals surface area contributed by atoms with Crippen LogP contribution < -0.4 is 5.32 Å². The number of carbonyl (C=O) groups is 1. The molecular formula is C29H33F3N4O3. The van der Waals surface area contributed by atoms with Crippen LogP contribution in [0.2, 0.25) is 0 Å². The van der Waals surface area contributed by atoms with E-state index in [9.17, 15) is 18.0 Å². The normalized spacial score (nSPS) is 16.4. The molecule has 0 bridgehead atoms. The largest absolute Gasteiger partial charge is 0.459 e. The predicted molar refractivity (Wildman–Crippen MR) is 140 cm³/mol. The number of nitrogens with zero attached hydrogens (tertiary/aromatic N) is 3. The smallest absolute Gasteiger partial charge is 0.420 e. The maximum atomic E-state index is 13.9. The highest BCUT2D eigenvalue weighted by atomic mass is 19.4. The van der Waals surface area contributed by atoms with Crippen molar-refractivity contribution in [1.29, 1.82) is 0 Å². The number of hydrogen-bond donors (Lipinski definition) is 1. The summed E-state index contributed by atoms with van der Waals surface area (Å²) in [6.07, 6.45) is 0.829. The highest BCUT2D eigenvalue weighted by Crippen LogP contribution is 2.38. The first kappa shape index (κ1) is 27.2. The second-order valence-corrected chi connectivity index (χ2v) is 10.6. The zero-order valence-electron chi connectivity index (χ0n) is 22.2. The van der Waals surface area contributed by atoms with Gasteiger partial charge in [0.1, 0.15) is 17.0 Å². The third-order valence-electron chi connectivity index (χ3n) is 7.39. The SMILES string of the molecule is CC(C)C(=O)N1CCc2oc(-c3nc(Nc4ccc(CCC5CCOCC5)cc4)ncc3C(F)(F)F)cc2C1. The van der Waals surface area contributed by atoms with Gasteiger partial charge in [-0.15, -0.1) is 0 Å². The number of nitrogens with one attached hydrogen (secondary N) is 1. The van der Waals surface area contributed by atoms with Crippen molar-refractivity contribution in [2.24, 2.45) is 11.8 Å². The average molecular weight is 543 g/mol. The number of anilines is 2. The Bertz CT molecular complexity index is 1300. The van der Waals surface area contributed by atoms with Crippen molar-refractivity contribution in [2.45, 2.75) is 58.7 Å². The van der Waals surface area contributed by atoms with E-state index in [1.807, 2.05) is 38.1 Å². The van der Waals surface area contributed by atoms with Gasteiger partial charge in [0, 0.05) is 56.1 Å². The Morgan fingerprint density at radius 1 is 1.18 bits per heavy atom. The van der Waals surface area contributed by atoms with Gasteiger partial charge in [-0.25, -0.2) is 9.97 Å². The number of carbonyl (C=O) groups excluding carboxylic acids is 1. The Balaban J connectivity index is 1.33. The van der Waals surface area contributed by atoms with Gasteiger partial charge in [0.05, 0.1) is 0 Å². The van der Waals surface area contributed by atoms with Crippen LogP contribution in [-0.2, 0) is 35.1 Å². The van der Waals surface area contributed by atoms with Crippen LogP contribution >= 0.6 is 0 Å². The summed E-state index contributed by atoms with van der Waals surface area (Å²) in [5.74, 6) is 1.16. The number of benzene rings is 1. The number of fused-ring (bicyclic) bond motifs is 1. The van der Waals surface area contributed by atoms with Crippen molar-refractivity contribution < 1.29 is 27.1 Å². The molecule has 0 saturated carbocycles. The third kappa shape index (κ3) is 6.43. The zero-order chi connectivity index (χ0) is 27.6. The Hall–Kier alpha value is -3.40. The van der Waals surface area contributed by atoms with Gasteiger partial charge in [-0.05, 0) is 55.4 Å². The molecule has 5 rings (SSSR count). The minimum atomic E-state index is -4.66. The first-order chi connectivity index (χ1) is 18.7. The molecule has 0 spiro atoms. The lowest BCUT2D eigenvalue weighted by Crippen LogP contribution is -2.37. The molecule has 1 aromatic carbocycles. The fraction of sp³-hybridized carbons (Fsp3) is 0.483. The predicted octanol–water partition coefficient (Wildman–Crippen LogP) is 6.40. The summed E-state index contributed by atoms with van der Waals surface area (Å²) in [6.45, 7) is 6.08. The number of ether oxygens (including phenoxy) is 1. The Morgan fingerprint density at radius 2 is 1.92 bits per heavy atom. The lowest BCUT2D eigenvalue weighted by molar-refractivity contribution is -0.137. The van der Waals surface area contributed by atoms with Crippen LogP contribution in [0.5, 0.6) is 0 Å². The van der Waals surface area contributed by atoms with Gasteiger partial charge in [-0.1, -0.05) is 26.0 Å². The molecule has 1 N–H and O–H groups in total. The molecular weight excluding hydrogens is 509 g/mol. The molecule has 1 amide bonds. The van der Waals surface area contributed by atoms with Crippen molar-refractivity contribution in [3.05, 3.63) is 59.0 Å². The van der Waals surface area contributed by atoms with E-state index < -0.39 is 11.7 Å². The molecule has 10 heteroatoms. The molecule has 208 valence electrons. The van der Waals surface area contributed by atoms with Crippen LogP contribution in [0.15, 0.2) is 40.9 Å². The van der Waals surface area contributed by atoms with Crippen molar-refractivity contribution in [3.63, 3.8) is 0 Å². The molecule has 1 saturated heterocycles. The third-order valence-corrected chi connectivity index (χ3v) is 7.39. The van der Waals surface area contributed by atoms with E-state index in [0.29, 0.717) is 42.4 Å². The van der Waals surface area contributed by atoms with E-state index in [2.05, 4.69) is 15.3 Å². The van der Waals surface area contributed by atoms with E-state index in [0.717, 1.165) is 45.1 Å². The molecule has 7 nitrogen and oxygen atoms in total. The van der Waals surface area contributed by atoms with Crippen molar-refractivity contribution in [2.75, 3.05) is 25.1 Å². The number of aromatic nitrogens is 2. The quantitative estimate of drug-likeness (QED) is 0.372. The van der Waals surface area contributed by atoms with E-state index >= 15 is 0 Å². The molecule has 0 aliphatic carbocycles. The average Bonchev–Trinajstić information content (AvgIpc) is 3.36. The molecule has 2 aliphatic heterocycles. The lowest BCUT2D eigenvalue weighted by atomic mass is 9.93. The van der Waals surface area contributed by atoms with E-state index in [4.69, 9.17) is 9.15 Å². The van der Waals surface area contributed by atoms with Gasteiger partial charge in [0.15, 0.2) is 5.76 Å². The summed E-state index contributed by atoms with van der Waals surface area (Å²) in [5.41, 5.74) is 1.27. The fourth-order valence-electron chi connectivity index (χ4n) is 5.13. The minimum Gasteiger partial charge on any atom is -0.459 e. The highest BCUT2D eigenvalue weighted by Gasteiger charge is 2.37. The molecule has 0 radical (unpaired) electrons. The van der Waals surface area contributed by atoms with Gasteiger partial charge in [-0.2, -0.15) is 13.2 Å². The molecule has 2 aliphatic rings. The first-order valence-electron chi connectivity index (χ1n) is 13.5. The van der Waals surface area contributed by atoms with Crippen molar-refractivity contribution >= 4 is 17.5 Å².